The number of hydrogen-bond acceptors (Lipinski definition) is 4. The summed E-state index contributed by atoms with van der Waals surface area (Å²) in [5, 5.41) is 4.15. The molecule has 0 unspecified atom stereocenters. The van der Waals surface area contributed by atoms with E-state index in [9.17, 15) is 9.59 Å². The van der Waals surface area contributed by atoms with Crippen LogP contribution >= 0.6 is 0 Å². The van der Waals surface area contributed by atoms with E-state index in [2.05, 4.69) is 20.3 Å². The van der Waals surface area contributed by atoms with Crippen LogP contribution in [0.5, 0.6) is 5.75 Å². The van der Waals surface area contributed by atoms with Crippen molar-refractivity contribution in [2.45, 2.75) is 25.8 Å². The van der Waals surface area contributed by atoms with Crippen molar-refractivity contribution < 1.29 is 9.53 Å². The second kappa shape index (κ2) is 8.87. The summed E-state index contributed by atoms with van der Waals surface area (Å²) >= 11 is 0. The number of nitrogens with zero attached hydrogens (tertiary/aromatic N) is 1. The van der Waals surface area contributed by atoms with Gasteiger partial charge in [0, 0.05) is 29.6 Å². The number of aromatic nitrogens is 3. The van der Waals surface area contributed by atoms with Crippen LogP contribution in [-0.4, -0.2) is 28.0 Å². The fourth-order valence-electron chi connectivity index (χ4n) is 3.74. The van der Waals surface area contributed by atoms with Gasteiger partial charge >= 0.3 is 0 Å². The van der Waals surface area contributed by atoms with E-state index in [0.29, 0.717) is 23.7 Å². The quantitative estimate of drug-likeness (QED) is 0.431. The third-order valence-corrected chi connectivity index (χ3v) is 5.17. The first-order valence-corrected chi connectivity index (χ1v) is 10.1. The fourth-order valence-corrected chi connectivity index (χ4v) is 3.74. The molecule has 2 aromatic heterocycles. The molecule has 0 saturated carbocycles. The molecular formula is C24H24N4O3. The van der Waals surface area contributed by atoms with Crippen molar-refractivity contribution in [3.8, 4) is 5.75 Å². The highest BCUT2D eigenvalue weighted by molar-refractivity contribution is 5.83. The maximum Gasteiger partial charge on any atom is 0.251 e. The number of hydrogen-bond donors (Lipinski definition) is 3. The Morgan fingerprint density at radius 3 is 2.81 bits per heavy atom. The summed E-state index contributed by atoms with van der Waals surface area (Å²) in [4.78, 5) is 35.3. The maximum atomic E-state index is 12.9. The topological polar surface area (TPSA) is 99.9 Å². The van der Waals surface area contributed by atoms with Crippen molar-refractivity contribution in [1.82, 2.24) is 20.3 Å². The minimum atomic E-state index is -0.446. The average molecular weight is 416 g/mol. The molecular weight excluding hydrogens is 392 g/mol. The van der Waals surface area contributed by atoms with Crippen LogP contribution in [0.1, 0.15) is 28.7 Å². The summed E-state index contributed by atoms with van der Waals surface area (Å²) in [5.41, 5.74) is 3.20. The lowest BCUT2D eigenvalue weighted by Gasteiger charge is -2.19. The van der Waals surface area contributed by atoms with Crippen LogP contribution in [-0.2, 0) is 17.6 Å². The predicted octanol–water partition coefficient (Wildman–Crippen LogP) is 3.21. The van der Waals surface area contributed by atoms with Crippen LogP contribution < -0.4 is 15.6 Å². The molecule has 4 aromatic rings. The van der Waals surface area contributed by atoms with Crippen molar-refractivity contribution in [2.75, 3.05) is 7.11 Å². The first kappa shape index (κ1) is 20.4. The summed E-state index contributed by atoms with van der Waals surface area (Å²) in [6.07, 6.45) is 2.64. The Labute approximate surface area is 179 Å². The number of methoxy groups -OCH3 is 1. The van der Waals surface area contributed by atoms with E-state index in [1.807, 2.05) is 54.7 Å². The van der Waals surface area contributed by atoms with Gasteiger partial charge in [-0.25, -0.2) is 4.98 Å². The Hall–Kier alpha value is -3.87. The number of rotatable bonds is 7. The summed E-state index contributed by atoms with van der Waals surface area (Å²) in [6.45, 7) is 1.73. The van der Waals surface area contributed by atoms with Gasteiger partial charge in [0.2, 0.25) is 5.91 Å². The van der Waals surface area contributed by atoms with Crippen molar-refractivity contribution in [3.63, 3.8) is 0 Å². The highest BCUT2D eigenvalue weighted by atomic mass is 16.5. The molecule has 7 heteroatoms. The van der Waals surface area contributed by atoms with Crippen LogP contribution in [0.2, 0.25) is 0 Å². The number of ether oxygens (including phenoxy) is 1. The van der Waals surface area contributed by atoms with Gasteiger partial charge in [-0.05, 0) is 36.2 Å². The largest absolute Gasteiger partial charge is 0.497 e. The monoisotopic (exact) mass is 416 g/mol. The Bertz CT molecular complexity index is 1280. The molecule has 3 N–H and O–H groups in total. The number of carbonyl (C=O) groups excluding carboxylic acids is 1. The lowest BCUT2D eigenvalue weighted by molar-refractivity contribution is -0.121. The number of para-hydroxylation sites is 1. The smallest absolute Gasteiger partial charge is 0.251 e. The average Bonchev–Trinajstić information content (AvgIpc) is 3.15. The zero-order valence-corrected chi connectivity index (χ0v) is 17.4. The van der Waals surface area contributed by atoms with Crippen LogP contribution in [0, 0.1) is 6.92 Å². The lowest BCUT2D eigenvalue weighted by atomic mass is 10.0. The van der Waals surface area contributed by atoms with Crippen LogP contribution in [0.15, 0.2) is 65.6 Å². The number of carbonyl (C=O) groups is 1. The van der Waals surface area contributed by atoms with Crippen LogP contribution in [0.3, 0.4) is 0 Å². The van der Waals surface area contributed by atoms with E-state index < -0.39 is 6.04 Å². The zero-order chi connectivity index (χ0) is 21.8. The fraction of sp³-hybridized carbons (Fsp3) is 0.208. The first-order chi connectivity index (χ1) is 15.0. The maximum absolute atomic E-state index is 12.9. The van der Waals surface area contributed by atoms with E-state index in [-0.39, 0.29) is 17.9 Å². The number of aromatic amines is 2. The van der Waals surface area contributed by atoms with E-state index in [4.69, 9.17) is 4.74 Å². The van der Waals surface area contributed by atoms with Gasteiger partial charge in [-0.1, -0.05) is 30.3 Å². The highest BCUT2D eigenvalue weighted by Crippen LogP contribution is 2.24. The standard InChI is InChI=1S/C24H24N4O3/c1-15-26-22(13-24(30)27-15)21(12-17-14-25-20-9-4-3-8-19(17)20)28-23(29)11-16-6-5-7-18(10-16)31-2/h3-10,13-14,21,25H,11-12H2,1-2H3,(H,28,29)(H,26,27,30)/t21-/m1/s1. The molecule has 0 bridgehead atoms. The molecule has 7 nitrogen and oxygen atoms in total. The Kier molecular flexibility index (Phi) is 5.84. The third-order valence-electron chi connectivity index (χ3n) is 5.17. The van der Waals surface area contributed by atoms with Crippen molar-refractivity contribution in [2.24, 2.45) is 0 Å². The van der Waals surface area contributed by atoms with Gasteiger partial charge in [-0.15, -0.1) is 0 Å². The third kappa shape index (κ3) is 4.83. The lowest BCUT2D eigenvalue weighted by Crippen LogP contribution is -2.32. The number of H-pyrrole nitrogens is 2. The van der Waals surface area contributed by atoms with Gasteiger partial charge < -0.3 is 20.0 Å². The van der Waals surface area contributed by atoms with E-state index in [1.54, 1.807) is 14.0 Å². The Morgan fingerprint density at radius 2 is 2.00 bits per heavy atom. The van der Waals surface area contributed by atoms with Crippen LogP contribution in [0.4, 0.5) is 0 Å². The normalized spacial score (nSPS) is 11.9. The van der Waals surface area contributed by atoms with E-state index in [1.165, 1.54) is 6.07 Å². The second-order valence-electron chi connectivity index (χ2n) is 7.47. The van der Waals surface area contributed by atoms with Gasteiger partial charge in [0.25, 0.3) is 5.56 Å². The molecule has 0 spiro atoms. The van der Waals surface area contributed by atoms with E-state index >= 15 is 0 Å². The Morgan fingerprint density at radius 1 is 1.16 bits per heavy atom. The highest BCUT2D eigenvalue weighted by Gasteiger charge is 2.20. The molecule has 0 saturated heterocycles. The molecule has 4 rings (SSSR count). The predicted molar refractivity (Wildman–Crippen MR) is 119 cm³/mol. The minimum absolute atomic E-state index is 0.155. The number of nitrogens with one attached hydrogen (secondary N) is 3. The van der Waals surface area contributed by atoms with Gasteiger partial charge in [-0.2, -0.15) is 0 Å². The number of amides is 1. The summed E-state index contributed by atoms with van der Waals surface area (Å²) in [7, 11) is 1.59. The van der Waals surface area contributed by atoms with E-state index in [0.717, 1.165) is 22.0 Å². The Balaban J connectivity index is 1.61. The zero-order valence-electron chi connectivity index (χ0n) is 17.4. The molecule has 0 aliphatic carbocycles. The summed E-state index contributed by atoms with van der Waals surface area (Å²) in [6, 6.07) is 16.4. The number of aryl methyl sites for hydroxylation is 1. The molecule has 2 aromatic carbocycles. The first-order valence-electron chi connectivity index (χ1n) is 10.1. The summed E-state index contributed by atoms with van der Waals surface area (Å²) in [5.74, 6) is 1.05. The van der Waals surface area contributed by atoms with Gasteiger partial charge in [-0.3, -0.25) is 9.59 Å². The molecule has 1 atom stereocenters. The van der Waals surface area contributed by atoms with Gasteiger partial charge in [0.15, 0.2) is 0 Å². The summed E-state index contributed by atoms with van der Waals surface area (Å²) < 4.78 is 5.24. The van der Waals surface area contributed by atoms with Crippen molar-refractivity contribution >= 4 is 16.8 Å². The van der Waals surface area contributed by atoms with Crippen molar-refractivity contribution in [1.29, 1.82) is 0 Å². The molecule has 0 radical (unpaired) electrons. The molecule has 1 amide bonds. The van der Waals surface area contributed by atoms with Crippen molar-refractivity contribution in [3.05, 3.63) is 93.8 Å². The van der Waals surface area contributed by atoms with Crippen LogP contribution in [0.25, 0.3) is 10.9 Å². The molecule has 2 heterocycles. The molecule has 31 heavy (non-hydrogen) atoms. The second-order valence-corrected chi connectivity index (χ2v) is 7.47. The number of benzene rings is 2. The molecule has 0 aliphatic heterocycles. The molecule has 0 fully saturated rings. The van der Waals surface area contributed by atoms with Gasteiger partial charge in [0.05, 0.1) is 25.3 Å². The van der Waals surface area contributed by atoms with Gasteiger partial charge in [0.1, 0.15) is 11.6 Å². The number of fused-ring (bicyclic) bond motifs is 1. The molecule has 0 aliphatic rings. The molecule has 158 valence electrons. The minimum Gasteiger partial charge on any atom is -0.497 e. The SMILES string of the molecule is COc1cccc(CC(=O)N[C@H](Cc2c[nH]c3ccccc23)c2cc(=O)[nH]c(C)n2)c1.